The Labute approximate surface area is 79.6 Å². The molecule has 2 N–H and O–H groups in total. The maximum absolute atomic E-state index is 5.66. The van der Waals surface area contributed by atoms with Crippen molar-refractivity contribution in [1.29, 1.82) is 0 Å². The zero-order valence-corrected chi connectivity index (χ0v) is 8.11. The molecule has 0 aromatic rings. The second-order valence-corrected chi connectivity index (χ2v) is 3.87. The van der Waals surface area contributed by atoms with E-state index in [1.807, 2.05) is 0 Å². The van der Waals surface area contributed by atoms with Gasteiger partial charge in [-0.25, -0.2) is 10.0 Å². The normalized spacial score (nSPS) is 32.5. The molecule has 0 aromatic heterocycles. The monoisotopic (exact) mass is 185 g/mol. The summed E-state index contributed by atoms with van der Waals surface area (Å²) in [5, 5.41) is 4.86. The van der Waals surface area contributed by atoms with E-state index in [0.29, 0.717) is 5.92 Å². The minimum Gasteiger partial charge on any atom is -0.379 e. The number of hydrazine groups is 1. The Morgan fingerprint density at radius 2 is 1.92 bits per heavy atom. The van der Waals surface area contributed by atoms with E-state index in [9.17, 15) is 0 Å². The summed E-state index contributed by atoms with van der Waals surface area (Å²) < 4.78 is 5.32. The number of hydrogen-bond acceptors (Lipinski definition) is 4. The molecular formula is C9H19N3O. The van der Waals surface area contributed by atoms with E-state index in [1.165, 1.54) is 13.0 Å². The highest BCUT2D eigenvalue weighted by molar-refractivity contribution is 4.75. The van der Waals surface area contributed by atoms with Crippen LogP contribution in [-0.2, 0) is 4.74 Å². The fraction of sp³-hybridized carbons (Fsp3) is 1.00. The van der Waals surface area contributed by atoms with Gasteiger partial charge in [-0.05, 0) is 18.9 Å². The van der Waals surface area contributed by atoms with Crippen LogP contribution in [0.25, 0.3) is 0 Å². The summed E-state index contributed by atoms with van der Waals surface area (Å²) in [4.78, 5) is 0. The Morgan fingerprint density at radius 3 is 2.54 bits per heavy atom. The van der Waals surface area contributed by atoms with Gasteiger partial charge in [0.1, 0.15) is 0 Å². The molecule has 2 saturated heterocycles. The number of nitrogens with zero attached hydrogens (tertiary/aromatic N) is 2. The van der Waals surface area contributed by atoms with Gasteiger partial charge in [0.2, 0.25) is 0 Å². The molecule has 0 aromatic carbocycles. The second-order valence-electron chi connectivity index (χ2n) is 3.87. The molecule has 1 unspecified atom stereocenters. The van der Waals surface area contributed by atoms with Crippen molar-refractivity contribution in [2.45, 2.75) is 6.42 Å². The molecule has 0 saturated carbocycles. The van der Waals surface area contributed by atoms with Gasteiger partial charge in [0.25, 0.3) is 0 Å². The zero-order valence-electron chi connectivity index (χ0n) is 8.11. The summed E-state index contributed by atoms with van der Waals surface area (Å²) in [5.74, 6) is 0.711. The lowest BCUT2D eigenvalue weighted by atomic mass is 10.1. The van der Waals surface area contributed by atoms with Gasteiger partial charge in [-0.15, -0.1) is 0 Å². The molecule has 1 atom stereocenters. The molecule has 0 spiro atoms. The van der Waals surface area contributed by atoms with Crippen molar-refractivity contribution in [2.24, 2.45) is 11.7 Å². The van der Waals surface area contributed by atoms with Crippen molar-refractivity contribution in [3.8, 4) is 0 Å². The van der Waals surface area contributed by atoms with Crippen LogP contribution >= 0.6 is 0 Å². The molecule has 0 amide bonds. The first kappa shape index (κ1) is 9.40. The third kappa shape index (κ3) is 2.20. The predicted octanol–water partition coefficient (Wildman–Crippen LogP) is -0.486. The highest BCUT2D eigenvalue weighted by Gasteiger charge is 2.26. The Kier molecular flexibility index (Phi) is 3.16. The Morgan fingerprint density at radius 1 is 1.15 bits per heavy atom. The van der Waals surface area contributed by atoms with Crippen molar-refractivity contribution in [3.63, 3.8) is 0 Å². The average molecular weight is 185 g/mol. The molecule has 2 rings (SSSR count). The van der Waals surface area contributed by atoms with Crippen molar-refractivity contribution in [3.05, 3.63) is 0 Å². The Hall–Kier alpha value is -0.160. The topological polar surface area (TPSA) is 41.7 Å². The summed E-state index contributed by atoms with van der Waals surface area (Å²) in [6.45, 7) is 7.03. The average Bonchev–Trinajstić information content (AvgIpc) is 2.67. The van der Waals surface area contributed by atoms with Crippen molar-refractivity contribution >= 4 is 0 Å². The molecule has 4 nitrogen and oxygen atoms in total. The summed E-state index contributed by atoms with van der Waals surface area (Å²) in [5.41, 5.74) is 5.66. The molecule has 2 aliphatic rings. The van der Waals surface area contributed by atoms with Crippen LogP contribution in [0.1, 0.15) is 6.42 Å². The van der Waals surface area contributed by atoms with Crippen LogP contribution in [0.3, 0.4) is 0 Å². The lowest BCUT2D eigenvalue weighted by Crippen LogP contribution is -2.47. The number of morpholine rings is 1. The first-order valence-electron chi connectivity index (χ1n) is 5.18. The predicted molar refractivity (Wildman–Crippen MR) is 51.1 cm³/mol. The molecule has 2 fully saturated rings. The number of rotatable bonds is 2. The lowest BCUT2D eigenvalue weighted by molar-refractivity contribution is -0.0789. The first-order valence-corrected chi connectivity index (χ1v) is 5.18. The maximum atomic E-state index is 5.66. The van der Waals surface area contributed by atoms with E-state index in [2.05, 4.69) is 10.0 Å². The highest BCUT2D eigenvalue weighted by Crippen LogP contribution is 2.17. The molecule has 76 valence electrons. The van der Waals surface area contributed by atoms with Crippen molar-refractivity contribution in [2.75, 3.05) is 45.9 Å². The van der Waals surface area contributed by atoms with E-state index < -0.39 is 0 Å². The maximum Gasteiger partial charge on any atom is 0.0608 e. The minimum absolute atomic E-state index is 0.711. The molecular weight excluding hydrogens is 166 g/mol. The molecule has 4 heteroatoms. The van der Waals surface area contributed by atoms with Crippen LogP contribution in [0, 0.1) is 5.92 Å². The van der Waals surface area contributed by atoms with Gasteiger partial charge in [-0.2, -0.15) is 0 Å². The van der Waals surface area contributed by atoms with Gasteiger partial charge in [0.15, 0.2) is 0 Å². The van der Waals surface area contributed by atoms with Gasteiger partial charge >= 0.3 is 0 Å². The fourth-order valence-corrected chi connectivity index (χ4v) is 2.10. The third-order valence-electron chi connectivity index (χ3n) is 2.99. The Balaban J connectivity index is 1.80. The number of hydrogen-bond donors (Lipinski definition) is 1. The molecule has 2 heterocycles. The smallest absolute Gasteiger partial charge is 0.0608 e. The van der Waals surface area contributed by atoms with Crippen LogP contribution in [-0.4, -0.2) is 56.0 Å². The fourth-order valence-electron chi connectivity index (χ4n) is 2.10. The Bertz CT molecular complexity index is 159. The molecule has 2 aliphatic heterocycles. The van der Waals surface area contributed by atoms with E-state index in [1.54, 1.807) is 0 Å². The van der Waals surface area contributed by atoms with Crippen LogP contribution in [0.4, 0.5) is 0 Å². The van der Waals surface area contributed by atoms with Gasteiger partial charge in [0.05, 0.1) is 13.2 Å². The third-order valence-corrected chi connectivity index (χ3v) is 2.99. The van der Waals surface area contributed by atoms with Gasteiger partial charge in [0, 0.05) is 26.2 Å². The van der Waals surface area contributed by atoms with Gasteiger partial charge < -0.3 is 10.5 Å². The molecule has 13 heavy (non-hydrogen) atoms. The van der Waals surface area contributed by atoms with E-state index in [-0.39, 0.29) is 0 Å². The SMILES string of the molecule is NCC1CCN(N2CCOCC2)C1. The number of ether oxygens (including phenoxy) is 1. The quantitative estimate of drug-likeness (QED) is 0.630. The molecule has 0 radical (unpaired) electrons. The van der Waals surface area contributed by atoms with Crippen molar-refractivity contribution < 1.29 is 4.74 Å². The van der Waals surface area contributed by atoms with E-state index in [0.717, 1.165) is 39.4 Å². The summed E-state index contributed by atoms with van der Waals surface area (Å²) >= 11 is 0. The van der Waals surface area contributed by atoms with Crippen LogP contribution in [0.15, 0.2) is 0 Å². The first-order chi connectivity index (χ1) is 6.40. The molecule has 0 aliphatic carbocycles. The summed E-state index contributed by atoms with van der Waals surface area (Å²) in [7, 11) is 0. The standard InChI is InChI=1S/C9H19N3O/c10-7-9-1-2-12(8-9)11-3-5-13-6-4-11/h9H,1-8,10H2. The van der Waals surface area contributed by atoms with E-state index >= 15 is 0 Å². The number of nitrogens with two attached hydrogens (primary N) is 1. The highest BCUT2D eigenvalue weighted by atomic mass is 16.5. The summed E-state index contributed by atoms with van der Waals surface area (Å²) in [6, 6.07) is 0. The lowest BCUT2D eigenvalue weighted by Gasteiger charge is -2.34. The minimum atomic E-state index is 0.711. The van der Waals surface area contributed by atoms with Crippen LogP contribution in [0.5, 0.6) is 0 Å². The molecule has 0 bridgehead atoms. The second kappa shape index (κ2) is 4.37. The van der Waals surface area contributed by atoms with Gasteiger partial charge in [-0.3, -0.25) is 0 Å². The van der Waals surface area contributed by atoms with Crippen molar-refractivity contribution in [1.82, 2.24) is 10.0 Å². The van der Waals surface area contributed by atoms with Crippen LogP contribution < -0.4 is 5.73 Å². The van der Waals surface area contributed by atoms with Crippen LogP contribution in [0.2, 0.25) is 0 Å². The zero-order chi connectivity index (χ0) is 9.10. The van der Waals surface area contributed by atoms with Gasteiger partial charge in [-0.1, -0.05) is 0 Å². The summed E-state index contributed by atoms with van der Waals surface area (Å²) in [6.07, 6.45) is 1.26. The largest absolute Gasteiger partial charge is 0.379 e. The van der Waals surface area contributed by atoms with E-state index in [4.69, 9.17) is 10.5 Å².